The highest BCUT2D eigenvalue weighted by atomic mass is 35.5. The van der Waals surface area contributed by atoms with E-state index < -0.39 is 6.10 Å². The summed E-state index contributed by atoms with van der Waals surface area (Å²) >= 11 is 18.3. The molecule has 0 amide bonds. The fraction of sp³-hybridized carbons (Fsp3) is 0.308. The van der Waals surface area contributed by atoms with Gasteiger partial charge in [-0.1, -0.05) is 40.9 Å². The van der Waals surface area contributed by atoms with Crippen molar-refractivity contribution in [2.45, 2.75) is 12.6 Å². The lowest BCUT2D eigenvalue weighted by Crippen LogP contribution is -2.14. The van der Waals surface area contributed by atoms with Crippen LogP contribution in [0.15, 0.2) is 24.4 Å². The van der Waals surface area contributed by atoms with Gasteiger partial charge < -0.3 is 9.84 Å². The summed E-state index contributed by atoms with van der Waals surface area (Å²) in [6.45, 7) is 0.922. The number of halogens is 3. The minimum atomic E-state index is -1.05. The number of methoxy groups -OCH3 is 1. The Morgan fingerprint density at radius 2 is 1.90 bits per heavy atom. The molecule has 0 spiro atoms. The van der Waals surface area contributed by atoms with E-state index in [2.05, 4.69) is 5.10 Å². The zero-order valence-electron chi connectivity index (χ0n) is 10.7. The SMILES string of the molecule is COCCn1ncc(Cl)c1C(O)c1c(Cl)cccc1Cl. The van der Waals surface area contributed by atoms with Gasteiger partial charge in [0.15, 0.2) is 0 Å². The summed E-state index contributed by atoms with van der Waals surface area (Å²) < 4.78 is 6.58. The van der Waals surface area contributed by atoms with Gasteiger partial charge in [0.05, 0.1) is 30.1 Å². The number of ether oxygens (including phenoxy) is 1. The molecule has 20 heavy (non-hydrogen) atoms. The molecule has 0 aliphatic carbocycles. The van der Waals surface area contributed by atoms with Gasteiger partial charge in [-0.05, 0) is 12.1 Å². The molecule has 4 nitrogen and oxygen atoms in total. The smallest absolute Gasteiger partial charge is 0.125 e. The second kappa shape index (κ2) is 6.78. The van der Waals surface area contributed by atoms with E-state index in [1.165, 1.54) is 6.20 Å². The molecule has 1 heterocycles. The van der Waals surface area contributed by atoms with Crippen LogP contribution in [0.4, 0.5) is 0 Å². The maximum atomic E-state index is 10.5. The summed E-state index contributed by atoms with van der Waals surface area (Å²) in [5, 5.41) is 15.8. The molecular weight excluding hydrogens is 323 g/mol. The molecule has 0 fully saturated rings. The zero-order valence-corrected chi connectivity index (χ0v) is 13.0. The van der Waals surface area contributed by atoms with Crippen LogP contribution >= 0.6 is 34.8 Å². The third-order valence-corrected chi connectivity index (χ3v) is 3.82. The first-order valence-corrected chi connectivity index (χ1v) is 7.01. The van der Waals surface area contributed by atoms with E-state index in [0.29, 0.717) is 39.5 Å². The van der Waals surface area contributed by atoms with Gasteiger partial charge in [0.2, 0.25) is 0 Å². The summed E-state index contributed by atoms with van der Waals surface area (Å²) in [7, 11) is 1.59. The highest BCUT2D eigenvalue weighted by molar-refractivity contribution is 6.36. The number of rotatable bonds is 5. The van der Waals surface area contributed by atoms with Gasteiger partial charge in [-0.3, -0.25) is 4.68 Å². The summed E-state index contributed by atoms with van der Waals surface area (Å²) in [6.07, 6.45) is 0.420. The zero-order chi connectivity index (χ0) is 14.7. The molecular formula is C13H13Cl3N2O2. The lowest BCUT2D eigenvalue weighted by atomic mass is 10.1. The Bertz CT molecular complexity index is 581. The Morgan fingerprint density at radius 3 is 2.50 bits per heavy atom. The molecule has 2 aromatic rings. The molecule has 0 aliphatic rings. The fourth-order valence-electron chi connectivity index (χ4n) is 1.91. The van der Waals surface area contributed by atoms with Crippen molar-refractivity contribution >= 4 is 34.8 Å². The second-order valence-electron chi connectivity index (χ2n) is 4.13. The van der Waals surface area contributed by atoms with Crippen LogP contribution < -0.4 is 0 Å². The minimum Gasteiger partial charge on any atom is -0.383 e. The van der Waals surface area contributed by atoms with E-state index >= 15 is 0 Å². The highest BCUT2D eigenvalue weighted by Gasteiger charge is 2.24. The minimum absolute atomic E-state index is 0.351. The van der Waals surface area contributed by atoms with E-state index in [0.717, 1.165) is 0 Å². The number of aliphatic hydroxyl groups is 1. The van der Waals surface area contributed by atoms with Crippen LogP contribution in [0, 0.1) is 0 Å². The maximum absolute atomic E-state index is 10.5. The van der Waals surface area contributed by atoms with Crippen LogP contribution in [-0.2, 0) is 11.3 Å². The van der Waals surface area contributed by atoms with Gasteiger partial charge in [-0.2, -0.15) is 5.10 Å². The normalized spacial score (nSPS) is 12.7. The number of nitrogens with zero attached hydrogens (tertiary/aromatic N) is 2. The van der Waals surface area contributed by atoms with Crippen molar-refractivity contribution < 1.29 is 9.84 Å². The Labute approximate surface area is 131 Å². The lowest BCUT2D eigenvalue weighted by molar-refractivity contribution is 0.171. The van der Waals surface area contributed by atoms with Crippen molar-refractivity contribution in [1.82, 2.24) is 9.78 Å². The molecule has 7 heteroatoms. The van der Waals surface area contributed by atoms with Gasteiger partial charge in [0.25, 0.3) is 0 Å². The molecule has 0 aliphatic heterocycles. The molecule has 1 aromatic heterocycles. The summed E-state index contributed by atoms with van der Waals surface area (Å²) in [5.74, 6) is 0. The molecule has 0 radical (unpaired) electrons. The topological polar surface area (TPSA) is 47.3 Å². The lowest BCUT2D eigenvalue weighted by Gasteiger charge is -2.17. The molecule has 1 unspecified atom stereocenters. The monoisotopic (exact) mass is 334 g/mol. The number of benzene rings is 1. The van der Waals surface area contributed by atoms with Crippen molar-refractivity contribution in [3.05, 3.63) is 50.7 Å². The largest absolute Gasteiger partial charge is 0.383 e. The predicted molar refractivity (Wildman–Crippen MR) is 79.6 cm³/mol. The van der Waals surface area contributed by atoms with E-state index in [1.807, 2.05) is 0 Å². The van der Waals surface area contributed by atoms with E-state index in [4.69, 9.17) is 39.5 Å². The van der Waals surface area contributed by atoms with Gasteiger partial charge in [0, 0.05) is 22.7 Å². The summed E-state index contributed by atoms with van der Waals surface area (Å²) in [6, 6.07) is 5.04. The first kappa shape index (κ1) is 15.6. The van der Waals surface area contributed by atoms with Crippen molar-refractivity contribution in [3.63, 3.8) is 0 Å². The Hall–Kier alpha value is -0.780. The van der Waals surface area contributed by atoms with E-state index in [-0.39, 0.29) is 0 Å². The average molecular weight is 336 g/mol. The van der Waals surface area contributed by atoms with E-state index in [1.54, 1.807) is 30.0 Å². The van der Waals surface area contributed by atoms with Crippen molar-refractivity contribution in [3.8, 4) is 0 Å². The number of aromatic nitrogens is 2. The van der Waals surface area contributed by atoms with Crippen LogP contribution in [-0.4, -0.2) is 28.6 Å². The van der Waals surface area contributed by atoms with E-state index in [9.17, 15) is 5.11 Å². The predicted octanol–water partition coefficient (Wildman–Crippen LogP) is 3.57. The Morgan fingerprint density at radius 1 is 1.25 bits per heavy atom. The fourth-order valence-corrected chi connectivity index (χ4v) is 2.76. The maximum Gasteiger partial charge on any atom is 0.125 e. The molecule has 1 atom stereocenters. The van der Waals surface area contributed by atoms with Gasteiger partial charge in [-0.15, -0.1) is 0 Å². The third-order valence-electron chi connectivity index (χ3n) is 2.87. The quantitative estimate of drug-likeness (QED) is 0.908. The standard InChI is InChI=1S/C13H13Cl3N2O2/c1-20-6-5-18-12(10(16)7-17-18)13(19)11-8(14)3-2-4-9(11)15/h2-4,7,13,19H,5-6H2,1H3. The Kier molecular flexibility index (Phi) is 5.29. The molecule has 1 aromatic carbocycles. The molecule has 0 saturated heterocycles. The van der Waals surface area contributed by atoms with Gasteiger partial charge in [0.1, 0.15) is 6.10 Å². The average Bonchev–Trinajstić information content (AvgIpc) is 2.77. The summed E-state index contributed by atoms with van der Waals surface area (Å²) in [5.41, 5.74) is 0.857. The van der Waals surface area contributed by atoms with Crippen molar-refractivity contribution in [2.75, 3.05) is 13.7 Å². The van der Waals surface area contributed by atoms with Crippen LogP contribution in [0.1, 0.15) is 17.4 Å². The second-order valence-corrected chi connectivity index (χ2v) is 5.35. The molecule has 108 valence electrons. The molecule has 0 bridgehead atoms. The third kappa shape index (κ3) is 3.10. The number of aliphatic hydroxyl groups excluding tert-OH is 1. The Balaban J connectivity index is 2.43. The molecule has 1 N–H and O–H groups in total. The van der Waals surface area contributed by atoms with Crippen molar-refractivity contribution in [1.29, 1.82) is 0 Å². The first-order valence-electron chi connectivity index (χ1n) is 5.88. The van der Waals surface area contributed by atoms with Gasteiger partial charge >= 0.3 is 0 Å². The van der Waals surface area contributed by atoms with Gasteiger partial charge in [-0.25, -0.2) is 0 Å². The van der Waals surface area contributed by atoms with Crippen LogP contribution in [0.25, 0.3) is 0 Å². The molecule has 0 saturated carbocycles. The van der Waals surface area contributed by atoms with Crippen LogP contribution in [0.5, 0.6) is 0 Å². The number of hydrogen-bond donors (Lipinski definition) is 1. The van der Waals surface area contributed by atoms with Crippen molar-refractivity contribution in [2.24, 2.45) is 0 Å². The van der Waals surface area contributed by atoms with Crippen LogP contribution in [0.3, 0.4) is 0 Å². The highest BCUT2D eigenvalue weighted by Crippen LogP contribution is 2.36. The first-order chi connectivity index (χ1) is 9.56. The molecule has 2 rings (SSSR count). The summed E-state index contributed by atoms with van der Waals surface area (Å²) in [4.78, 5) is 0. The van der Waals surface area contributed by atoms with Crippen LogP contribution in [0.2, 0.25) is 15.1 Å². The number of hydrogen-bond acceptors (Lipinski definition) is 3.